The molecule has 0 radical (unpaired) electrons. The van der Waals surface area contributed by atoms with E-state index in [-0.39, 0.29) is 6.42 Å². The van der Waals surface area contributed by atoms with Crippen molar-refractivity contribution in [3.63, 3.8) is 0 Å². The van der Waals surface area contributed by atoms with Gasteiger partial charge in [0.05, 0.1) is 13.5 Å². The monoisotopic (exact) mass is 242 g/mol. The molecule has 5 heteroatoms. The van der Waals surface area contributed by atoms with Gasteiger partial charge >= 0.3 is 5.97 Å². The number of Topliss-reactive ketones (excluding diaryl/α,β-unsaturated/α-hetero) is 2. The van der Waals surface area contributed by atoms with Crippen molar-refractivity contribution in [1.29, 1.82) is 0 Å². The molecule has 0 aromatic heterocycles. The van der Waals surface area contributed by atoms with Gasteiger partial charge in [0.1, 0.15) is 11.6 Å². The Hall–Kier alpha value is -1.78. The first-order chi connectivity index (χ1) is 8.01. The van der Waals surface area contributed by atoms with Gasteiger partial charge in [0.2, 0.25) is 5.78 Å². The maximum atomic E-state index is 12.8. The lowest BCUT2D eigenvalue weighted by molar-refractivity contribution is -0.152. The van der Waals surface area contributed by atoms with E-state index in [1.54, 1.807) is 6.92 Å². The number of rotatable bonds is 7. The fourth-order valence-electron chi connectivity index (χ4n) is 1.00. The summed E-state index contributed by atoms with van der Waals surface area (Å²) in [5, 5.41) is 0. The van der Waals surface area contributed by atoms with E-state index in [0.717, 1.165) is 13.2 Å². The van der Waals surface area contributed by atoms with Gasteiger partial charge in [-0.2, -0.15) is 0 Å². The molecule has 0 spiro atoms. The summed E-state index contributed by atoms with van der Waals surface area (Å²) >= 11 is 0. The third-order valence-electron chi connectivity index (χ3n) is 1.79. The Labute approximate surface area is 99.1 Å². The zero-order valence-electron chi connectivity index (χ0n) is 9.86. The van der Waals surface area contributed by atoms with Crippen LogP contribution in [0.15, 0.2) is 24.1 Å². The quantitative estimate of drug-likeness (QED) is 0.296. The van der Waals surface area contributed by atoms with Crippen LogP contribution >= 0.6 is 0 Å². The lowest BCUT2D eigenvalue weighted by Crippen LogP contribution is -2.18. The largest absolute Gasteiger partial charge is 0.463 e. The number of carbonyl (C=O) groups is 3. The first-order valence-corrected chi connectivity index (χ1v) is 5.16. The number of halogens is 1. The van der Waals surface area contributed by atoms with Gasteiger partial charge in [0, 0.05) is 6.42 Å². The van der Waals surface area contributed by atoms with Crippen LogP contribution in [0.4, 0.5) is 4.39 Å². The third kappa shape index (κ3) is 7.16. The summed E-state index contributed by atoms with van der Waals surface area (Å²) in [5.74, 6) is -2.82. The smallest absolute Gasteiger partial charge is 0.374 e. The summed E-state index contributed by atoms with van der Waals surface area (Å²) in [6, 6.07) is 0. The summed E-state index contributed by atoms with van der Waals surface area (Å²) in [4.78, 5) is 32.9. The highest BCUT2D eigenvalue weighted by Gasteiger charge is 2.17. The SMILES string of the molecule is CC/C=C(F)\C=C/CC(=O)CC(=O)C(=O)OC. The number of methoxy groups -OCH3 is 1. The van der Waals surface area contributed by atoms with E-state index < -0.39 is 29.8 Å². The number of ether oxygens (including phenoxy) is 1. The first-order valence-electron chi connectivity index (χ1n) is 5.16. The lowest BCUT2D eigenvalue weighted by Gasteiger charge is -1.96. The predicted molar refractivity (Wildman–Crippen MR) is 59.9 cm³/mol. The molecule has 0 aromatic carbocycles. The Kier molecular flexibility index (Phi) is 7.50. The number of ketones is 2. The van der Waals surface area contributed by atoms with Crippen molar-refractivity contribution in [3.8, 4) is 0 Å². The molecule has 17 heavy (non-hydrogen) atoms. The summed E-state index contributed by atoms with van der Waals surface area (Å²) in [7, 11) is 1.07. The minimum atomic E-state index is -1.04. The molecule has 0 saturated heterocycles. The normalized spacial score (nSPS) is 11.6. The van der Waals surface area contributed by atoms with Crippen LogP contribution in [0, 0.1) is 0 Å². The molecule has 0 heterocycles. The van der Waals surface area contributed by atoms with Crippen LogP contribution in [-0.4, -0.2) is 24.6 Å². The predicted octanol–water partition coefficient (Wildman–Crippen LogP) is 1.90. The van der Waals surface area contributed by atoms with Gasteiger partial charge in [-0.15, -0.1) is 0 Å². The highest BCUT2D eigenvalue weighted by Crippen LogP contribution is 2.02. The van der Waals surface area contributed by atoms with Gasteiger partial charge < -0.3 is 4.74 Å². The molecule has 0 aliphatic carbocycles. The molecular weight excluding hydrogens is 227 g/mol. The fraction of sp³-hybridized carbons (Fsp3) is 0.417. The van der Waals surface area contributed by atoms with Crippen LogP contribution in [0.2, 0.25) is 0 Å². The maximum absolute atomic E-state index is 12.8. The van der Waals surface area contributed by atoms with E-state index in [4.69, 9.17) is 0 Å². The standard InChI is InChI=1S/C12H15FO4/c1-3-5-9(13)6-4-7-10(14)8-11(15)12(16)17-2/h4-6H,3,7-8H2,1-2H3/b6-4-,9-5+. The molecule has 0 aliphatic rings. The van der Waals surface area contributed by atoms with E-state index in [1.165, 1.54) is 12.2 Å². The molecule has 0 bridgehead atoms. The van der Waals surface area contributed by atoms with Crippen LogP contribution in [0.5, 0.6) is 0 Å². The van der Waals surface area contributed by atoms with Crippen molar-refractivity contribution in [2.24, 2.45) is 0 Å². The molecule has 0 rings (SSSR count). The molecule has 0 aromatic rings. The van der Waals surface area contributed by atoms with Crippen molar-refractivity contribution in [2.45, 2.75) is 26.2 Å². The van der Waals surface area contributed by atoms with Crippen molar-refractivity contribution in [1.82, 2.24) is 0 Å². The second-order valence-corrected chi connectivity index (χ2v) is 3.23. The van der Waals surface area contributed by atoms with E-state index >= 15 is 0 Å². The third-order valence-corrected chi connectivity index (χ3v) is 1.79. The summed E-state index contributed by atoms with van der Waals surface area (Å²) in [5.41, 5.74) is 0. The second-order valence-electron chi connectivity index (χ2n) is 3.23. The number of esters is 1. The van der Waals surface area contributed by atoms with Crippen molar-refractivity contribution >= 4 is 17.5 Å². The molecular formula is C12H15FO4. The molecule has 0 N–H and O–H groups in total. The van der Waals surface area contributed by atoms with E-state index in [2.05, 4.69) is 4.74 Å². The summed E-state index contributed by atoms with van der Waals surface area (Å²) in [6.07, 6.45) is 3.79. The first kappa shape index (κ1) is 15.2. The maximum Gasteiger partial charge on any atom is 0.374 e. The molecule has 0 unspecified atom stereocenters. The number of hydrogen-bond acceptors (Lipinski definition) is 4. The van der Waals surface area contributed by atoms with Crippen LogP contribution in [0.3, 0.4) is 0 Å². The molecule has 94 valence electrons. The highest BCUT2D eigenvalue weighted by molar-refractivity contribution is 6.37. The topological polar surface area (TPSA) is 60.4 Å². The molecule has 0 fully saturated rings. The van der Waals surface area contributed by atoms with Gasteiger partial charge in [0.15, 0.2) is 0 Å². The van der Waals surface area contributed by atoms with Gasteiger partial charge in [0.25, 0.3) is 0 Å². The number of carbonyl (C=O) groups excluding carboxylic acids is 3. The van der Waals surface area contributed by atoms with Crippen LogP contribution in [-0.2, 0) is 19.1 Å². The molecule has 0 amide bonds. The van der Waals surface area contributed by atoms with E-state index in [9.17, 15) is 18.8 Å². The average molecular weight is 242 g/mol. The summed E-state index contributed by atoms with van der Waals surface area (Å²) < 4.78 is 17.0. The molecule has 4 nitrogen and oxygen atoms in total. The minimum absolute atomic E-state index is 0.0896. The lowest BCUT2D eigenvalue weighted by atomic mass is 10.1. The zero-order valence-corrected chi connectivity index (χ0v) is 9.86. The van der Waals surface area contributed by atoms with E-state index in [1.807, 2.05) is 0 Å². The minimum Gasteiger partial charge on any atom is -0.463 e. The molecule has 0 aliphatic heterocycles. The second kappa shape index (κ2) is 8.38. The van der Waals surface area contributed by atoms with Crippen molar-refractivity contribution < 1.29 is 23.5 Å². The fourth-order valence-corrected chi connectivity index (χ4v) is 1.00. The van der Waals surface area contributed by atoms with Crippen LogP contribution in [0.1, 0.15) is 26.2 Å². The van der Waals surface area contributed by atoms with Gasteiger partial charge in [-0.3, -0.25) is 9.59 Å². The highest BCUT2D eigenvalue weighted by atomic mass is 19.1. The van der Waals surface area contributed by atoms with Gasteiger partial charge in [-0.25, -0.2) is 9.18 Å². The Morgan fingerprint density at radius 3 is 2.47 bits per heavy atom. The van der Waals surface area contributed by atoms with Crippen LogP contribution in [0.25, 0.3) is 0 Å². The number of hydrogen-bond donors (Lipinski definition) is 0. The summed E-state index contributed by atoms with van der Waals surface area (Å²) in [6.45, 7) is 1.79. The van der Waals surface area contributed by atoms with Crippen molar-refractivity contribution in [2.75, 3.05) is 7.11 Å². The Morgan fingerprint density at radius 1 is 1.29 bits per heavy atom. The Bertz CT molecular complexity index is 356. The number of allylic oxidation sites excluding steroid dienone is 4. The molecule has 0 saturated carbocycles. The van der Waals surface area contributed by atoms with E-state index in [0.29, 0.717) is 6.42 Å². The van der Waals surface area contributed by atoms with Gasteiger partial charge in [-0.1, -0.05) is 13.0 Å². The average Bonchev–Trinajstić information content (AvgIpc) is 2.28. The molecule has 0 atom stereocenters. The Balaban J connectivity index is 4.08. The zero-order chi connectivity index (χ0) is 13.3. The van der Waals surface area contributed by atoms with Crippen LogP contribution < -0.4 is 0 Å². The van der Waals surface area contributed by atoms with Gasteiger partial charge in [-0.05, 0) is 18.6 Å². The Morgan fingerprint density at radius 2 is 1.94 bits per heavy atom. The van der Waals surface area contributed by atoms with Crippen molar-refractivity contribution in [3.05, 3.63) is 24.1 Å².